The molecule has 0 aliphatic rings. The SMILES string of the molecule is CNC(CSCC(=O)c1ccc2[nH]c3nccc(Cl)c3c2c1)NC. The van der Waals surface area contributed by atoms with E-state index < -0.39 is 0 Å². The van der Waals surface area contributed by atoms with Gasteiger partial charge in [-0.3, -0.25) is 4.79 Å². The van der Waals surface area contributed by atoms with E-state index >= 15 is 0 Å². The van der Waals surface area contributed by atoms with Gasteiger partial charge in [0.1, 0.15) is 5.65 Å². The third kappa shape index (κ3) is 3.42. The predicted molar refractivity (Wildman–Crippen MR) is 102 cm³/mol. The molecule has 0 saturated carbocycles. The molecule has 24 heavy (non-hydrogen) atoms. The second-order valence-corrected chi connectivity index (χ2v) is 6.91. The second kappa shape index (κ2) is 7.53. The number of H-pyrrole nitrogens is 1. The van der Waals surface area contributed by atoms with Crippen molar-refractivity contribution in [2.75, 3.05) is 25.6 Å². The van der Waals surface area contributed by atoms with Crippen LogP contribution in [-0.4, -0.2) is 47.5 Å². The average Bonchev–Trinajstić information content (AvgIpc) is 2.97. The Morgan fingerprint density at radius 3 is 2.88 bits per heavy atom. The summed E-state index contributed by atoms with van der Waals surface area (Å²) in [5.41, 5.74) is 2.36. The molecular weight excluding hydrogens is 344 g/mol. The molecule has 0 radical (unpaired) electrons. The Morgan fingerprint density at radius 1 is 1.33 bits per heavy atom. The molecule has 1 aromatic carbocycles. The van der Waals surface area contributed by atoms with Crippen molar-refractivity contribution < 1.29 is 4.79 Å². The van der Waals surface area contributed by atoms with E-state index in [9.17, 15) is 4.79 Å². The lowest BCUT2D eigenvalue weighted by Gasteiger charge is -2.13. The highest BCUT2D eigenvalue weighted by Gasteiger charge is 2.13. The van der Waals surface area contributed by atoms with Crippen LogP contribution >= 0.6 is 23.4 Å². The number of aromatic nitrogens is 2. The fourth-order valence-electron chi connectivity index (χ4n) is 2.61. The van der Waals surface area contributed by atoms with E-state index in [1.54, 1.807) is 24.0 Å². The van der Waals surface area contributed by atoms with Crippen LogP contribution in [0.15, 0.2) is 30.5 Å². The van der Waals surface area contributed by atoms with E-state index in [2.05, 4.69) is 20.6 Å². The number of nitrogens with zero attached hydrogens (tertiary/aromatic N) is 1. The smallest absolute Gasteiger partial charge is 0.172 e. The van der Waals surface area contributed by atoms with E-state index in [4.69, 9.17) is 11.6 Å². The number of nitrogens with one attached hydrogen (secondary N) is 3. The summed E-state index contributed by atoms with van der Waals surface area (Å²) in [5.74, 6) is 1.38. The van der Waals surface area contributed by atoms with Crippen LogP contribution in [0.4, 0.5) is 0 Å². The fraction of sp³-hybridized carbons (Fsp3) is 0.294. The normalized spacial score (nSPS) is 11.7. The number of fused-ring (bicyclic) bond motifs is 3. The molecular formula is C17H19ClN4OS. The number of hydrogen-bond acceptors (Lipinski definition) is 5. The number of ketones is 1. The molecule has 0 atom stereocenters. The van der Waals surface area contributed by atoms with E-state index in [-0.39, 0.29) is 11.9 Å². The molecule has 0 spiro atoms. The Morgan fingerprint density at radius 2 is 2.12 bits per heavy atom. The Labute approximate surface area is 149 Å². The van der Waals surface area contributed by atoms with Gasteiger partial charge in [0.2, 0.25) is 0 Å². The molecule has 3 rings (SSSR count). The first-order valence-corrected chi connectivity index (χ1v) is 9.18. The van der Waals surface area contributed by atoms with Crippen molar-refractivity contribution in [2.24, 2.45) is 0 Å². The summed E-state index contributed by atoms with van der Waals surface area (Å²) in [4.78, 5) is 20.0. The van der Waals surface area contributed by atoms with Gasteiger partial charge in [-0.25, -0.2) is 4.98 Å². The maximum Gasteiger partial charge on any atom is 0.172 e. The van der Waals surface area contributed by atoms with Crippen LogP contribution < -0.4 is 10.6 Å². The average molecular weight is 363 g/mol. The van der Waals surface area contributed by atoms with Crippen LogP contribution in [0.3, 0.4) is 0 Å². The molecule has 0 unspecified atom stereocenters. The topological polar surface area (TPSA) is 69.8 Å². The van der Waals surface area contributed by atoms with Crippen molar-refractivity contribution in [3.63, 3.8) is 0 Å². The molecule has 0 amide bonds. The monoisotopic (exact) mass is 362 g/mol. The number of halogens is 1. The molecule has 3 N–H and O–H groups in total. The molecule has 0 saturated heterocycles. The summed E-state index contributed by atoms with van der Waals surface area (Å²) in [6, 6.07) is 7.42. The maximum absolute atomic E-state index is 12.5. The summed E-state index contributed by atoms with van der Waals surface area (Å²) in [6.45, 7) is 0. The predicted octanol–water partition coefficient (Wildman–Crippen LogP) is 3.05. The third-order valence-electron chi connectivity index (χ3n) is 3.98. The van der Waals surface area contributed by atoms with Gasteiger partial charge >= 0.3 is 0 Å². The molecule has 0 aliphatic heterocycles. The van der Waals surface area contributed by atoms with E-state index in [1.165, 1.54) is 0 Å². The van der Waals surface area contributed by atoms with Crippen molar-refractivity contribution >= 4 is 51.1 Å². The molecule has 2 aromatic heterocycles. The lowest BCUT2D eigenvalue weighted by atomic mass is 10.1. The lowest BCUT2D eigenvalue weighted by Crippen LogP contribution is -2.39. The minimum absolute atomic E-state index is 0.113. The number of thioether (sulfide) groups is 1. The van der Waals surface area contributed by atoms with Gasteiger partial charge in [0.05, 0.1) is 16.9 Å². The number of carbonyl (C=O) groups is 1. The Kier molecular flexibility index (Phi) is 5.40. The van der Waals surface area contributed by atoms with Gasteiger partial charge < -0.3 is 15.6 Å². The molecule has 0 bridgehead atoms. The van der Waals surface area contributed by atoms with Crippen molar-refractivity contribution in [3.8, 4) is 0 Å². The second-order valence-electron chi connectivity index (χ2n) is 5.47. The molecule has 7 heteroatoms. The highest BCUT2D eigenvalue weighted by Crippen LogP contribution is 2.30. The quantitative estimate of drug-likeness (QED) is 0.445. The third-order valence-corrected chi connectivity index (χ3v) is 5.33. The lowest BCUT2D eigenvalue weighted by molar-refractivity contribution is 0.102. The minimum Gasteiger partial charge on any atom is -0.339 e. The summed E-state index contributed by atoms with van der Waals surface area (Å²) in [5, 5.41) is 8.72. The van der Waals surface area contributed by atoms with Crippen molar-refractivity contribution in [1.29, 1.82) is 0 Å². The number of pyridine rings is 1. The Bertz CT molecular complexity index is 876. The number of Topliss-reactive ketones (excluding diaryl/α,β-unsaturated/α-hetero) is 1. The number of aromatic amines is 1. The van der Waals surface area contributed by atoms with E-state index in [0.717, 1.165) is 27.7 Å². The van der Waals surface area contributed by atoms with Gasteiger partial charge in [0.25, 0.3) is 0 Å². The minimum atomic E-state index is 0.113. The first-order valence-electron chi connectivity index (χ1n) is 7.65. The summed E-state index contributed by atoms with van der Waals surface area (Å²) < 4.78 is 0. The van der Waals surface area contributed by atoms with Gasteiger partial charge in [-0.1, -0.05) is 11.6 Å². The highest BCUT2D eigenvalue weighted by molar-refractivity contribution is 8.00. The van der Waals surface area contributed by atoms with Gasteiger partial charge in [-0.15, -0.1) is 0 Å². The van der Waals surface area contributed by atoms with Crippen LogP contribution in [0.2, 0.25) is 5.02 Å². The van der Waals surface area contributed by atoms with Crippen LogP contribution in [0, 0.1) is 0 Å². The van der Waals surface area contributed by atoms with E-state index in [1.807, 2.05) is 32.3 Å². The molecule has 0 aliphatic carbocycles. The standard InChI is InChI=1S/C17H19ClN4OS/c1-19-15(20-2)9-24-8-14(23)10-3-4-13-11(7-10)16-12(18)5-6-21-17(16)22-13/h3-7,15,19-20H,8-9H2,1-2H3,(H,21,22). The van der Waals surface area contributed by atoms with Crippen LogP contribution in [-0.2, 0) is 0 Å². The molecule has 3 aromatic rings. The first kappa shape index (κ1) is 17.2. The van der Waals surface area contributed by atoms with Crippen LogP contribution in [0.25, 0.3) is 21.9 Å². The Hall–Kier alpha value is -1.60. The number of benzene rings is 1. The van der Waals surface area contributed by atoms with Crippen LogP contribution in [0.5, 0.6) is 0 Å². The van der Waals surface area contributed by atoms with Crippen molar-refractivity contribution in [3.05, 3.63) is 41.0 Å². The van der Waals surface area contributed by atoms with Crippen LogP contribution in [0.1, 0.15) is 10.4 Å². The summed E-state index contributed by atoms with van der Waals surface area (Å²) in [7, 11) is 3.79. The van der Waals surface area contributed by atoms with Gasteiger partial charge in [-0.05, 0) is 38.4 Å². The van der Waals surface area contributed by atoms with Crippen molar-refractivity contribution in [1.82, 2.24) is 20.6 Å². The first-order chi connectivity index (χ1) is 11.6. The number of carbonyl (C=O) groups excluding carboxylic acids is 1. The zero-order valence-corrected chi connectivity index (χ0v) is 15.1. The highest BCUT2D eigenvalue weighted by atomic mass is 35.5. The Balaban J connectivity index is 1.82. The molecule has 0 fully saturated rings. The zero-order valence-electron chi connectivity index (χ0n) is 13.5. The maximum atomic E-state index is 12.5. The summed E-state index contributed by atoms with van der Waals surface area (Å²) >= 11 is 7.90. The summed E-state index contributed by atoms with van der Waals surface area (Å²) in [6.07, 6.45) is 1.87. The van der Waals surface area contributed by atoms with Crippen molar-refractivity contribution in [2.45, 2.75) is 6.17 Å². The number of rotatable bonds is 7. The van der Waals surface area contributed by atoms with E-state index in [0.29, 0.717) is 16.3 Å². The largest absolute Gasteiger partial charge is 0.339 e. The molecule has 2 heterocycles. The molecule has 5 nitrogen and oxygen atoms in total. The zero-order chi connectivity index (χ0) is 17.1. The fourth-order valence-corrected chi connectivity index (χ4v) is 3.90. The van der Waals surface area contributed by atoms with Gasteiger partial charge in [-0.2, -0.15) is 11.8 Å². The van der Waals surface area contributed by atoms with Gasteiger partial charge in [0, 0.05) is 33.8 Å². The molecule has 126 valence electrons. The van der Waals surface area contributed by atoms with Gasteiger partial charge in [0.15, 0.2) is 5.78 Å². The number of hydrogen-bond donors (Lipinski definition) is 3.